The summed E-state index contributed by atoms with van der Waals surface area (Å²) in [5.74, 6) is 0. The molecule has 0 bridgehead atoms. The van der Waals surface area contributed by atoms with Gasteiger partial charge in [-0.15, -0.1) is 0 Å². The van der Waals surface area contributed by atoms with Crippen molar-refractivity contribution in [2.75, 3.05) is 13.1 Å². The second kappa shape index (κ2) is 8.42. The first-order chi connectivity index (χ1) is 13.2. The first kappa shape index (κ1) is 21.7. The molecule has 6 nitrogen and oxygen atoms in total. The maximum absolute atomic E-state index is 13.2. The molecule has 2 aliphatic rings. The lowest BCUT2D eigenvalue weighted by Crippen LogP contribution is -2.46. The van der Waals surface area contributed by atoms with Crippen molar-refractivity contribution in [3.63, 3.8) is 0 Å². The Hall–Kier alpha value is -0.960. The van der Waals surface area contributed by atoms with E-state index < -0.39 is 20.0 Å². The zero-order valence-electron chi connectivity index (χ0n) is 16.9. The van der Waals surface area contributed by atoms with Gasteiger partial charge in [0.25, 0.3) is 0 Å². The Morgan fingerprint density at radius 3 is 2.14 bits per heavy atom. The van der Waals surface area contributed by atoms with Crippen molar-refractivity contribution in [1.82, 2.24) is 9.03 Å². The highest BCUT2D eigenvalue weighted by Gasteiger charge is 2.40. The SMILES string of the molecule is CC[C@H](C)NS(=O)(=O)c1ccc(S(=O)(=O)N2CCCC3(CCCCC3)C2)cc1. The Balaban J connectivity index is 1.78. The third-order valence-corrected chi connectivity index (χ3v) is 9.75. The molecule has 28 heavy (non-hydrogen) atoms. The van der Waals surface area contributed by atoms with Crippen LogP contribution in [0.2, 0.25) is 0 Å². The zero-order chi connectivity index (χ0) is 20.4. The average molecular weight is 429 g/mol. The van der Waals surface area contributed by atoms with Crippen LogP contribution in [0.5, 0.6) is 0 Å². The summed E-state index contributed by atoms with van der Waals surface area (Å²) in [7, 11) is -7.25. The number of rotatable bonds is 6. The van der Waals surface area contributed by atoms with E-state index in [-0.39, 0.29) is 21.2 Å². The quantitative estimate of drug-likeness (QED) is 0.752. The average Bonchev–Trinajstić information content (AvgIpc) is 2.68. The maximum atomic E-state index is 13.2. The molecule has 1 N–H and O–H groups in total. The molecule has 1 heterocycles. The fourth-order valence-corrected chi connectivity index (χ4v) is 7.35. The van der Waals surface area contributed by atoms with Crippen LogP contribution in [0, 0.1) is 5.41 Å². The molecule has 1 atom stereocenters. The summed E-state index contributed by atoms with van der Waals surface area (Å²) in [5, 5.41) is 0. The van der Waals surface area contributed by atoms with Gasteiger partial charge in [0.1, 0.15) is 0 Å². The molecule has 1 aliphatic heterocycles. The molecule has 0 amide bonds. The predicted octanol–water partition coefficient (Wildman–Crippen LogP) is 3.50. The minimum absolute atomic E-state index is 0.0918. The van der Waals surface area contributed by atoms with E-state index >= 15 is 0 Å². The van der Waals surface area contributed by atoms with Crippen molar-refractivity contribution in [2.45, 2.75) is 81.0 Å². The van der Waals surface area contributed by atoms with Gasteiger partial charge in [-0.25, -0.2) is 21.6 Å². The lowest BCUT2D eigenvalue weighted by atomic mass is 9.70. The Bertz CT molecular complexity index is 868. The minimum Gasteiger partial charge on any atom is -0.208 e. The zero-order valence-corrected chi connectivity index (χ0v) is 18.5. The molecule has 0 radical (unpaired) electrons. The van der Waals surface area contributed by atoms with E-state index in [0.717, 1.165) is 25.7 Å². The molecule has 1 aromatic carbocycles. The van der Waals surface area contributed by atoms with Crippen LogP contribution in [-0.4, -0.2) is 40.3 Å². The molecular weight excluding hydrogens is 396 g/mol. The minimum atomic E-state index is -3.64. The van der Waals surface area contributed by atoms with Crippen molar-refractivity contribution in [1.29, 1.82) is 0 Å². The number of hydrogen-bond donors (Lipinski definition) is 1. The van der Waals surface area contributed by atoms with Crippen LogP contribution >= 0.6 is 0 Å². The summed E-state index contributed by atoms with van der Waals surface area (Å²) in [4.78, 5) is 0.261. The van der Waals surface area contributed by atoms with E-state index in [1.165, 1.54) is 43.5 Å². The van der Waals surface area contributed by atoms with Crippen LogP contribution in [0.4, 0.5) is 0 Å². The van der Waals surface area contributed by atoms with Gasteiger partial charge in [-0.05, 0) is 68.7 Å². The van der Waals surface area contributed by atoms with Crippen LogP contribution in [-0.2, 0) is 20.0 Å². The van der Waals surface area contributed by atoms with Gasteiger partial charge in [0.2, 0.25) is 20.0 Å². The van der Waals surface area contributed by atoms with Crippen LogP contribution in [0.25, 0.3) is 0 Å². The monoisotopic (exact) mass is 428 g/mol. The Morgan fingerprint density at radius 1 is 0.964 bits per heavy atom. The molecule has 1 spiro atoms. The van der Waals surface area contributed by atoms with Gasteiger partial charge < -0.3 is 0 Å². The fraction of sp³-hybridized carbons (Fsp3) is 0.700. The van der Waals surface area contributed by atoms with Crippen molar-refractivity contribution in [3.8, 4) is 0 Å². The smallest absolute Gasteiger partial charge is 0.208 e. The van der Waals surface area contributed by atoms with Crippen molar-refractivity contribution < 1.29 is 16.8 Å². The third kappa shape index (κ3) is 4.61. The largest absolute Gasteiger partial charge is 0.243 e. The third-order valence-electron chi connectivity index (χ3n) is 6.28. The van der Waals surface area contributed by atoms with Crippen LogP contribution < -0.4 is 4.72 Å². The van der Waals surface area contributed by atoms with Gasteiger partial charge in [0.15, 0.2) is 0 Å². The fourth-order valence-electron chi connectivity index (χ4n) is 4.43. The highest BCUT2D eigenvalue weighted by Crippen LogP contribution is 2.44. The summed E-state index contributed by atoms with van der Waals surface area (Å²) < 4.78 is 55.3. The van der Waals surface area contributed by atoms with E-state index in [1.54, 1.807) is 11.2 Å². The van der Waals surface area contributed by atoms with Gasteiger partial charge in [-0.3, -0.25) is 0 Å². The summed E-state index contributed by atoms with van der Waals surface area (Å²) in [6.45, 7) is 4.83. The van der Waals surface area contributed by atoms with Gasteiger partial charge >= 0.3 is 0 Å². The number of hydrogen-bond acceptors (Lipinski definition) is 4. The summed E-state index contributed by atoms with van der Waals surface area (Å²) in [6.07, 6.45) is 8.52. The Labute approximate surface area is 169 Å². The number of nitrogens with one attached hydrogen (secondary N) is 1. The normalized spacial score (nSPS) is 22.2. The summed E-state index contributed by atoms with van der Waals surface area (Å²) in [6, 6.07) is 5.44. The number of sulfonamides is 2. The maximum Gasteiger partial charge on any atom is 0.243 e. The van der Waals surface area contributed by atoms with E-state index in [9.17, 15) is 16.8 Å². The molecule has 1 saturated heterocycles. The van der Waals surface area contributed by atoms with Gasteiger partial charge in [0.05, 0.1) is 9.79 Å². The molecule has 1 aromatic rings. The lowest BCUT2D eigenvalue weighted by Gasteiger charge is -2.44. The van der Waals surface area contributed by atoms with E-state index in [1.807, 2.05) is 6.92 Å². The lowest BCUT2D eigenvalue weighted by molar-refractivity contribution is 0.0965. The van der Waals surface area contributed by atoms with E-state index in [0.29, 0.717) is 19.5 Å². The first-order valence-corrected chi connectivity index (χ1v) is 13.2. The molecule has 0 unspecified atom stereocenters. The second-order valence-corrected chi connectivity index (χ2v) is 12.1. The van der Waals surface area contributed by atoms with Crippen LogP contribution in [0.1, 0.15) is 65.2 Å². The molecule has 2 fully saturated rings. The molecule has 1 aliphatic carbocycles. The molecular formula is C20H32N2O4S2. The van der Waals surface area contributed by atoms with Gasteiger partial charge in [0, 0.05) is 19.1 Å². The number of nitrogens with zero attached hydrogens (tertiary/aromatic N) is 1. The van der Waals surface area contributed by atoms with Crippen LogP contribution in [0.3, 0.4) is 0 Å². The number of piperidine rings is 1. The molecule has 3 rings (SSSR count). The Kier molecular flexibility index (Phi) is 6.54. The summed E-state index contributed by atoms with van der Waals surface area (Å²) in [5.41, 5.74) is 0.132. The molecule has 158 valence electrons. The first-order valence-electron chi connectivity index (χ1n) is 10.3. The van der Waals surface area contributed by atoms with Crippen molar-refractivity contribution in [3.05, 3.63) is 24.3 Å². The van der Waals surface area contributed by atoms with Gasteiger partial charge in [-0.1, -0.05) is 26.2 Å². The standard InChI is InChI=1S/C20H32N2O4S2/c1-3-17(2)21-27(23,24)18-8-10-19(11-9-18)28(25,26)22-15-7-14-20(16-22)12-5-4-6-13-20/h8-11,17,21H,3-7,12-16H2,1-2H3/t17-/m0/s1. The predicted molar refractivity (Wildman–Crippen MR) is 110 cm³/mol. The summed E-state index contributed by atoms with van der Waals surface area (Å²) >= 11 is 0. The van der Waals surface area contributed by atoms with Crippen molar-refractivity contribution >= 4 is 20.0 Å². The molecule has 1 saturated carbocycles. The molecule has 8 heteroatoms. The number of benzene rings is 1. The topological polar surface area (TPSA) is 83.5 Å². The van der Waals surface area contributed by atoms with Gasteiger partial charge in [-0.2, -0.15) is 4.31 Å². The van der Waals surface area contributed by atoms with E-state index in [2.05, 4.69) is 4.72 Å². The highest BCUT2D eigenvalue weighted by molar-refractivity contribution is 7.89. The highest BCUT2D eigenvalue weighted by atomic mass is 32.2. The molecule has 0 aromatic heterocycles. The Morgan fingerprint density at radius 2 is 1.54 bits per heavy atom. The van der Waals surface area contributed by atoms with Crippen LogP contribution in [0.15, 0.2) is 34.1 Å². The van der Waals surface area contributed by atoms with E-state index in [4.69, 9.17) is 0 Å². The second-order valence-electron chi connectivity index (χ2n) is 8.40. The van der Waals surface area contributed by atoms with Crippen molar-refractivity contribution in [2.24, 2.45) is 5.41 Å².